The summed E-state index contributed by atoms with van der Waals surface area (Å²) in [7, 11) is 2.31. The fraction of sp³-hybridized carbons (Fsp3) is 0.167. The molecule has 0 fully saturated rings. The van der Waals surface area contributed by atoms with Crippen molar-refractivity contribution >= 4 is 17.6 Å². The average molecular weight is 263 g/mol. The number of non-ortho nitro benzene ring substituents is 1. The molecule has 0 heterocycles. The zero-order valence-corrected chi connectivity index (χ0v) is 10.1. The van der Waals surface area contributed by atoms with Crippen molar-refractivity contribution in [2.75, 3.05) is 14.2 Å². The van der Waals surface area contributed by atoms with Gasteiger partial charge >= 0.3 is 11.9 Å². The molecule has 0 unspecified atom stereocenters. The standard InChI is InChI=1S/C12H9NO6/c1-18-11(14)4-3-8-5-9(12(15)19-2)7-10(6-8)13(16)17/h5-7H,1-2H3. The molecule has 0 bridgehead atoms. The summed E-state index contributed by atoms with van der Waals surface area (Å²) in [5.41, 5.74) is -0.206. The summed E-state index contributed by atoms with van der Waals surface area (Å²) in [5, 5.41) is 10.7. The molecule has 0 saturated heterocycles. The number of esters is 2. The van der Waals surface area contributed by atoms with Gasteiger partial charge < -0.3 is 9.47 Å². The van der Waals surface area contributed by atoms with Gasteiger partial charge in [-0.2, -0.15) is 0 Å². The number of nitro groups is 1. The second kappa shape index (κ2) is 6.16. The molecule has 7 heteroatoms. The van der Waals surface area contributed by atoms with Crippen LogP contribution in [0.3, 0.4) is 0 Å². The molecule has 0 radical (unpaired) electrons. The average Bonchev–Trinajstić information content (AvgIpc) is 2.43. The van der Waals surface area contributed by atoms with Crippen molar-refractivity contribution < 1.29 is 24.0 Å². The minimum absolute atomic E-state index is 0.0223. The summed E-state index contributed by atoms with van der Waals surface area (Å²) in [4.78, 5) is 32.3. The monoisotopic (exact) mass is 263 g/mol. The van der Waals surface area contributed by atoms with Crippen molar-refractivity contribution in [2.24, 2.45) is 0 Å². The van der Waals surface area contributed by atoms with Gasteiger partial charge in [0.05, 0.1) is 24.7 Å². The van der Waals surface area contributed by atoms with E-state index < -0.39 is 16.9 Å². The van der Waals surface area contributed by atoms with E-state index in [0.29, 0.717) is 0 Å². The van der Waals surface area contributed by atoms with Gasteiger partial charge in [0.1, 0.15) is 0 Å². The van der Waals surface area contributed by atoms with Gasteiger partial charge in [-0.05, 0) is 6.07 Å². The highest BCUT2D eigenvalue weighted by Crippen LogP contribution is 2.17. The molecule has 0 aliphatic heterocycles. The molecule has 1 aromatic rings. The van der Waals surface area contributed by atoms with E-state index in [1.165, 1.54) is 6.07 Å². The van der Waals surface area contributed by atoms with Crippen LogP contribution in [0, 0.1) is 22.0 Å². The van der Waals surface area contributed by atoms with E-state index >= 15 is 0 Å². The van der Waals surface area contributed by atoms with Gasteiger partial charge in [0.25, 0.3) is 5.69 Å². The zero-order valence-electron chi connectivity index (χ0n) is 10.1. The first-order valence-electron chi connectivity index (χ1n) is 4.95. The second-order valence-electron chi connectivity index (χ2n) is 3.26. The maximum atomic E-state index is 11.4. The summed E-state index contributed by atoms with van der Waals surface area (Å²) in [6.45, 7) is 0. The van der Waals surface area contributed by atoms with Gasteiger partial charge in [-0.25, -0.2) is 9.59 Å². The predicted molar refractivity (Wildman–Crippen MR) is 63.3 cm³/mol. The minimum Gasteiger partial charge on any atom is -0.465 e. The second-order valence-corrected chi connectivity index (χ2v) is 3.26. The number of hydrogen-bond donors (Lipinski definition) is 0. The SMILES string of the molecule is COC(=O)C#Cc1cc(C(=O)OC)cc([N+](=O)[O-])c1. The Hall–Kier alpha value is -2.88. The number of carbonyl (C=O) groups excluding carboxylic acids is 2. The lowest BCUT2D eigenvalue weighted by molar-refractivity contribution is -0.384. The third-order valence-electron chi connectivity index (χ3n) is 2.04. The molecule has 1 aromatic carbocycles. The van der Waals surface area contributed by atoms with Crippen molar-refractivity contribution in [1.29, 1.82) is 0 Å². The summed E-state index contributed by atoms with van der Waals surface area (Å²) < 4.78 is 8.78. The highest BCUT2D eigenvalue weighted by Gasteiger charge is 2.14. The molecule has 98 valence electrons. The smallest absolute Gasteiger partial charge is 0.384 e. The Morgan fingerprint density at radius 1 is 1.21 bits per heavy atom. The Morgan fingerprint density at radius 3 is 2.42 bits per heavy atom. The lowest BCUT2D eigenvalue weighted by atomic mass is 10.1. The Kier molecular flexibility index (Phi) is 4.60. The van der Waals surface area contributed by atoms with E-state index in [0.717, 1.165) is 26.4 Å². The molecule has 0 amide bonds. The molecule has 0 aliphatic rings. The van der Waals surface area contributed by atoms with Gasteiger partial charge in [0.2, 0.25) is 0 Å². The molecule has 0 aromatic heterocycles. The van der Waals surface area contributed by atoms with E-state index in [9.17, 15) is 19.7 Å². The lowest BCUT2D eigenvalue weighted by Gasteiger charge is -2.00. The van der Waals surface area contributed by atoms with Crippen LogP contribution >= 0.6 is 0 Å². The highest BCUT2D eigenvalue weighted by molar-refractivity contribution is 5.91. The molecule has 0 N–H and O–H groups in total. The van der Waals surface area contributed by atoms with Crippen LogP contribution in [0.4, 0.5) is 5.69 Å². The lowest BCUT2D eigenvalue weighted by Crippen LogP contribution is -2.03. The van der Waals surface area contributed by atoms with E-state index in [-0.39, 0.29) is 16.8 Å². The Balaban J connectivity index is 3.27. The van der Waals surface area contributed by atoms with Crippen molar-refractivity contribution in [3.05, 3.63) is 39.4 Å². The first kappa shape index (κ1) is 14.2. The van der Waals surface area contributed by atoms with Crippen LogP contribution < -0.4 is 0 Å². The number of rotatable bonds is 2. The number of hydrogen-bond acceptors (Lipinski definition) is 6. The van der Waals surface area contributed by atoms with Crippen LogP contribution in [0.1, 0.15) is 15.9 Å². The molecule has 1 rings (SSSR count). The zero-order chi connectivity index (χ0) is 14.4. The van der Waals surface area contributed by atoms with Crippen LogP contribution in [0.2, 0.25) is 0 Å². The van der Waals surface area contributed by atoms with Gasteiger partial charge in [-0.3, -0.25) is 10.1 Å². The number of benzene rings is 1. The van der Waals surface area contributed by atoms with Crippen LogP contribution in [0.5, 0.6) is 0 Å². The van der Waals surface area contributed by atoms with Crippen molar-refractivity contribution in [2.45, 2.75) is 0 Å². The van der Waals surface area contributed by atoms with Gasteiger partial charge in [0, 0.05) is 23.6 Å². The van der Waals surface area contributed by atoms with Crippen LogP contribution in [0.15, 0.2) is 18.2 Å². The van der Waals surface area contributed by atoms with Crippen molar-refractivity contribution in [1.82, 2.24) is 0 Å². The Morgan fingerprint density at radius 2 is 1.89 bits per heavy atom. The summed E-state index contributed by atoms with van der Waals surface area (Å²) in [5.74, 6) is 2.97. The molecule has 0 saturated carbocycles. The van der Waals surface area contributed by atoms with E-state index in [4.69, 9.17) is 0 Å². The number of nitro benzene ring substituents is 1. The normalized spacial score (nSPS) is 8.95. The van der Waals surface area contributed by atoms with Crippen LogP contribution in [0.25, 0.3) is 0 Å². The summed E-state index contributed by atoms with van der Waals surface area (Å²) in [6, 6.07) is 3.49. The van der Waals surface area contributed by atoms with Gasteiger partial charge in [-0.15, -0.1) is 0 Å². The number of methoxy groups -OCH3 is 2. The maximum absolute atomic E-state index is 11.4. The summed E-state index contributed by atoms with van der Waals surface area (Å²) >= 11 is 0. The van der Waals surface area contributed by atoms with Gasteiger partial charge in [-0.1, -0.05) is 5.92 Å². The molecule has 7 nitrogen and oxygen atoms in total. The Labute approximate surface area is 108 Å². The first-order chi connectivity index (χ1) is 8.97. The number of ether oxygens (including phenoxy) is 2. The molecule has 19 heavy (non-hydrogen) atoms. The number of nitrogens with zero attached hydrogens (tertiary/aromatic N) is 1. The van der Waals surface area contributed by atoms with E-state index in [2.05, 4.69) is 21.3 Å². The van der Waals surface area contributed by atoms with Crippen LogP contribution in [-0.2, 0) is 14.3 Å². The Bertz CT molecular complexity index is 596. The molecular formula is C12H9NO6. The van der Waals surface area contributed by atoms with Crippen molar-refractivity contribution in [3.8, 4) is 11.8 Å². The van der Waals surface area contributed by atoms with Crippen LogP contribution in [-0.4, -0.2) is 31.1 Å². The largest absolute Gasteiger partial charge is 0.465 e. The molecular weight excluding hydrogens is 254 g/mol. The highest BCUT2D eigenvalue weighted by atomic mass is 16.6. The van der Waals surface area contributed by atoms with Gasteiger partial charge in [0.15, 0.2) is 0 Å². The fourth-order valence-electron chi connectivity index (χ4n) is 1.20. The summed E-state index contributed by atoms with van der Waals surface area (Å²) in [6.07, 6.45) is 0. The fourth-order valence-corrected chi connectivity index (χ4v) is 1.20. The third kappa shape index (κ3) is 3.81. The van der Waals surface area contributed by atoms with E-state index in [1.807, 2.05) is 0 Å². The quantitative estimate of drug-likeness (QED) is 0.340. The van der Waals surface area contributed by atoms with E-state index in [1.54, 1.807) is 0 Å². The molecule has 0 aliphatic carbocycles. The predicted octanol–water partition coefficient (Wildman–Crippen LogP) is 0.906. The first-order valence-corrected chi connectivity index (χ1v) is 4.95. The maximum Gasteiger partial charge on any atom is 0.384 e. The van der Waals surface area contributed by atoms with Crippen molar-refractivity contribution in [3.63, 3.8) is 0 Å². The third-order valence-corrected chi connectivity index (χ3v) is 2.04. The molecule has 0 atom stereocenters. The topological polar surface area (TPSA) is 95.7 Å². The number of carbonyl (C=O) groups is 2. The minimum atomic E-state index is -0.786. The molecule has 0 spiro atoms.